The summed E-state index contributed by atoms with van der Waals surface area (Å²) in [5, 5.41) is 13.5. The fourth-order valence-corrected chi connectivity index (χ4v) is 2.46. The van der Waals surface area contributed by atoms with Crippen LogP contribution in [0.2, 0.25) is 0 Å². The van der Waals surface area contributed by atoms with E-state index in [1.165, 1.54) is 43.5 Å². The van der Waals surface area contributed by atoms with E-state index >= 15 is 0 Å². The molecule has 0 unspecified atom stereocenters. The van der Waals surface area contributed by atoms with Crippen LogP contribution in [0.5, 0.6) is 5.75 Å². The van der Waals surface area contributed by atoms with E-state index in [1.807, 2.05) is 0 Å². The average molecular weight is 376 g/mol. The van der Waals surface area contributed by atoms with Gasteiger partial charge in [-0.05, 0) is 23.8 Å². The van der Waals surface area contributed by atoms with Gasteiger partial charge in [-0.25, -0.2) is 9.18 Å². The zero-order valence-electron chi connectivity index (χ0n) is 14.6. The predicted octanol–water partition coefficient (Wildman–Crippen LogP) is 2.26. The lowest BCUT2D eigenvalue weighted by Gasteiger charge is -2.17. The number of nitro groups is 1. The Morgan fingerprint density at radius 1 is 1.22 bits per heavy atom. The molecule has 0 saturated heterocycles. The molecule has 9 heteroatoms. The molecule has 8 nitrogen and oxygen atoms in total. The Kier molecular flexibility index (Phi) is 6.42. The second kappa shape index (κ2) is 8.75. The van der Waals surface area contributed by atoms with Gasteiger partial charge in [0.15, 0.2) is 5.75 Å². The number of carbonyl (C=O) groups excluding carboxylic acids is 2. The third-order valence-electron chi connectivity index (χ3n) is 3.79. The number of methoxy groups -OCH3 is 2. The molecule has 1 N–H and O–H groups in total. The van der Waals surface area contributed by atoms with Gasteiger partial charge in [-0.1, -0.05) is 18.2 Å². The number of nitro benzene ring substituents is 1. The molecule has 27 heavy (non-hydrogen) atoms. The van der Waals surface area contributed by atoms with Crippen LogP contribution in [0.3, 0.4) is 0 Å². The van der Waals surface area contributed by atoms with Gasteiger partial charge in [0.1, 0.15) is 11.9 Å². The number of amides is 1. The van der Waals surface area contributed by atoms with Crippen molar-refractivity contribution in [3.8, 4) is 5.75 Å². The van der Waals surface area contributed by atoms with Gasteiger partial charge in [-0.2, -0.15) is 0 Å². The quantitative estimate of drug-likeness (QED) is 0.451. The fraction of sp³-hybridized carbons (Fsp3) is 0.222. The van der Waals surface area contributed by atoms with Crippen LogP contribution in [-0.4, -0.2) is 37.1 Å². The van der Waals surface area contributed by atoms with Gasteiger partial charge in [-0.15, -0.1) is 0 Å². The minimum atomic E-state index is -1.16. The van der Waals surface area contributed by atoms with Crippen LogP contribution in [0.25, 0.3) is 0 Å². The topological polar surface area (TPSA) is 108 Å². The van der Waals surface area contributed by atoms with Crippen LogP contribution in [0.15, 0.2) is 42.5 Å². The summed E-state index contributed by atoms with van der Waals surface area (Å²) in [4.78, 5) is 34.8. The number of rotatable bonds is 7. The van der Waals surface area contributed by atoms with Crippen molar-refractivity contribution in [1.82, 2.24) is 5.32 Å². The molecule has 1 atom stereocenters. The van der Waals surface area contributed by atoms with Gasteiger partial charge in [0.2, 0.25) is 0 Å². The summed E-state index contributed by atoms with van der Waals surface area (Å²) in [5.41, 5.74) is -0.113. The van der Waals surface area contributed by atoms with Crippen molar-refractivity contribution >= 4 is 17.6 Å². The number of carbonyl (C=O) groups is 2. The van der Waals surface area contributed by atoms with Gasteiger partial charge in [0.05, 0.1) is 24.7 Å². The Morgan fingerprint density at radius 2 is 1.93 bits per heavy atom. The van der Waals surface area contributed by atoms with Crippen molar-refractivity contribution in [2.24, 2.45) is 0 Å². The van der Waals surface area contributed by atoms with Crippen LogP contribution in [0, 0.1) is 15.9 Å². The largest absolute Gasteiger partial charge is 0.490 e. The lowest BCUT2D eigenvalue weighted by molar-refractivity contribution is -0.385. The molecule has 0 fully saturated rings. The Hall–Kier alpha value is -3.49. The van der Waals surface area contributed by atoms with Gasteiger partial charge in [-0.3, -0.25) is 14.9 Å². The summed E-state index contributed by atoms with van der Waals surface area (Å²) >= 11 is 0. The van der Waals surface area contributed by atoms with Gasteiger partial charge >= 0.3 is 11.7 Å². The second-order valence-corrected chi connectivity index (χ2v) is 5.50. The van der Waals surface area contributed by atoms with Gasteiger partial charge in [0, 0.05) is 12.5 Å². The molecule has 0 bridgehead atoms. The first-order chi connectivity index (χ1) is 12.9. The molecular formula is C18H17FN2O6. The average Bonchev–Trinajstić information content (AvgIpc) is 2.66. The monoisotopic (exact) mass is 376 g/mol. The third kappa shape index (κ3) is 4.78. The minimum Gasteiger partial charge on any atom is -0.490 e. The Balaban J connectivity index is 2.26. The lowest BCUT2D eigenvalue weighted by atomic mass is 10.0. The number of hydrogen-bond donors (Lipinski definition) is 1. The van der Waals surface area contributed by atoms with Crippen LogP contribution >= 0.6 is 0 Å². The highest BCUT2D eigenvalue weighted by Crippen LogP contribution is 2.28. The highest BCUT2D eigenvalue weighted by molar-refractivity contribution is 5.97. The number of esters is 1. The molecule has 2 aromatic carbocycles. The highest BCUT2D eigenvalue weighted by atomic mass is 19.1. The first-order valence-electron chi connectivity index (χ1n) is 7.82. The van der Waals surface area contributed by atoms with Crippen LogP contribution in [0.1, 0.15) is 15.9 Å². The molecule has 2 rings (SSSR count). The Morgan fingerprint density at radius 3 is 2.52 bits per heavy atom. The molecule has 0 aliphatic carbocycles. The third-order valence-corrected chi connectivity index (χ3v) is 3.79. The maximum Gasteiger partial charge on any atom is 0.328 e. The fourth-order valence-electron chi connectivity index (χ4n) is 2.46. The number of hydrogen-bond acceptors (Lipinski definition) is 6. The summed E-state index contributed by atoms with van der Waals surface area (Å²) in [6.45, 7) is 0. The first kappa shape index (κ1) is 19.8. The number of halogens is 1. The van der Waals surface area contributed by atoms with E-state index in [-0.39, 0.29) is 23.4 Å². The number of ether oxygens (including phenoxy) is 2. The van der Waals surface area contributed by atoms with Crippen LogP contribution < -0.4 is 10.1 Å². The van der Waals surface area contributed by atoms with Crippen molar-refractivity contribution in [3.63, 3.8) is 0 Å². The Bertz CT molecular complexity index is 871. The molecule has 0 spiro atoms. The molecule has 0 heterocycles. The van der Waals surface area contributed by atoms with E-state index in [4.69, 9.17) is 4.74 Å². The molecule has 142 valence electrons. The molecule has 0 radical (unpaired) electrons. The van der Waals surface area contributed by atoms with Gasteiger partial charge in [0.25, 0.3) is 5.91 Å². The zero-order valence-corrected chi connectivity index (χ0v) is 14.6. The summed E-state index contributed by atoms with van der Waals surface area (Å²) in [5.74, 6) is -2.24. The van der Waals surface area contributed by atoms with Crippen molar-refractivity contribution in [2.75, 3.05) is 14.2 Å². The number of nitrogens with one attached hydrogen (secondary N) is 1. The van der Waals surface area contributed by atoms with E-state index < -0.39 is 28.7 Å². The molecule has 2 aromatic rings. The molecule has 0 aliphatic rings. The van der Waals surface area contributed by atoms with E-state index in [0.717, 1.165) is 13.2 Å². The highest BCUT2D eigenvalue weighted by Gasteiger charge is 2.25. The SMILES string of the molecule is COC(=O)[C@@H](Cc1ccc(OC)c([N+](=O)[O-])c1)NC(=O)c1ccccc1F. The van der Waals surface area contributed by atoms with E-state index in [0.29, 0.717) is 5.56 Å². The van der Waals surface area contributed by atoms with Crippen LogP contribution in [-0.2, 0) is 16.0 Å². The molecule has 1 amide bonds. The molecule has 0 saturated carbocycles. The molecule has 0 aliphatic heterocycles. The molecular weight excluding hydrogens is 359 g/mol. The first-order valence-corrected chi connectivity index (χ1v) is 7.82. The van der Waals surface area contributed by atoms with E-state index in [1.54, 1.807) is 0 Å². The zero-order chi connectivity index (χ0) is 20.0. The second-order valence-electron chi connectivity index (χ2n) is 5.50. The maximum atomic E-state index is 13.8. The minimum absolute atomic E-state index is 0.0637. The predicted molar refractivity (Wildman–Crippen MR) is 93.0 cm³/mol. The van der Waals surface area contributed by atoms with Gasteiger partial charge < -0.3 is 14.8 Å². The van der Waals surface area contributed by atoms with E-state index in [9.17, 15) is 24.1 Å². The van der Waals surface area contributed by atoms with Crippen molar-refractivity contribution in [3.05, 3.63) is 69.5 Å². The summed E-state index contributed by atoms with van der Waals surface area (Å²) in [7, 11) is 2.44. The normalized spacial score (nSPS) is 11.4. The lowest BCUT2D eigenvalue weighted by Crippen LogP contribution is -2.43. The summed E-state index contributed by atoms with van der Waals surface area (Å²) in [6.07, 6.45) is -0.0856. The summed E-state index contributed by atoms with van der Waals surface area (Å²) in [6, 6.07) is 8.31. The smallest absolute Gasteiger partial charge is 0.328 e. The van der Waals surface area contributed by atoms with Crippen molar-refractivity contribution < 1.29 is 28.4 Å². The molecule has 0 aromatic heterocycles. The standard InChI is InChI=1S/C18H17FN2O6/c1-26-16-8-7-11(10-15(16)21(24)25)9-14(18(23)27-2)20-17(22)12-5-3-4-6-13(12)19/h3-8,10,14H,9H2,1-2H3,(H,20,22)/t14-/m1/s1. The van der Waals surface area contributed by atoms with Crippen molar-refractivity contribution in [1.29, 1.82) is 0 Å². The van der Waals surface area contributed by atoms with E-state index in [2.05, 4.69) is 10.1 Å². The summed E-state index contributed by atoms with van der Waals surface area (Å²) < 4.78 is 23.4. The van der Waals surface area contributed by atoms with Crippen LogP contribution in [0.4, 0.5) is 10.1 Å². The van der Waals surface area contributed by atoms with Crippen molar-refractivity contribution in [2.45, 2.75) is 12.5 Å². The number of benzene rings is 2. The maximum absolute atomic E-state index is 13.8. The number of nitrogens with zero attached hydrogens (tertiary/aromatic N) is 1. The Labute approximate surface area is 154 Å².